The smallest absolute Gasteiger partial charge is 0.112 e. The molecule has 8 rings (SSSR count). The molecule has 0 amide bonds. The maximum absolute atomic E-state index is 6.21. The first-order chi connectivity index (χ1) is 50.9. The number of rotatable bonds is 12. The molecule has 0 atom stereocenters. The Morgan fingerprint density at radius 2 is 0.626 bits per heavy atom. The summed E-state index contributed by atoms with van der Waals surface area (Å²) < 4.78 is 0. The van der Waals surface area contributed by atoms with Gasteiger partial charge in [-0.05, 0) is 351 Å². The molecule has 8 aromatic rings. The molecule has 0 aromatic heterocycles. The molecule has 22 heteroatoms. The summed E-state index contributed by atoms with van der Waals surface area (Å²) in [5, 5.41) is 10.7. The molecule has 0 saturated heterocycles. The molecule has 0 heterocycles. The van der Waals surface area contributed by atoms with Crippen molar-refractivity contribution in [1.29, 1.82) is 0 Å². The van der Waals surface area contributed by atoms with Crippen LogP contribution >= 0.6 is 0 Å². The lowest BCUT2D eigenvalue weighted by atomic mass is 8.66. The third-order valence-electron chi connectivity index (χ3n) is 23.7. The van der Waals surface area contributed by atoms with Crippen LogP contribution < -0.4 is 21.9 Å². The van der Waals surface area contributed by atoms with Gasteiger partial charge >= 0.3 is 0 Å². The first-order valence-corrected chi connectivity index (χ1v) is 37.8. The van der Waals surface area contributed by atoms with Gasteiger partial charge in [-0.15, -0.1) is 36.1 Å². The molecule has 0 aliphatic rings. The molecule has 0 fully saturated rings. The lowest BCUT2D eigenvalue weighted by Crippen LogP contribution is -2.77. The quantitative estimate of drug-likeness (QED) is 0.0553. The number of hydrogen-bond donors (Lipinski definition) is 0. The summed E-state index contributed by atoms with van der Waals surface area (Å²) in [6.45, 7) is 38.9. The van der Waals surface area contributed by atoms with Gasteiger partial charge in [-0.25, -0.2) is 0 Å². The zero-order valence-corrected chi connectivity index (χ0v) is 69.3. The average Bonchev–Trinajstić information content (AvgIpc) is 0.678. The van der Waals surface area contributed by atoms with Gasteiger partial charge in [-0.3, -0.25) is 0 Å². The fourth-order valence-electron chi connectivity index (χ4n) is 17.9. The zero-order chi connectivity index (χ0) is 79.1. The summed E-state index contributed by atoms with van der Waals surface area (Å²) >= 11 is 0. The van der Waals surface area contributed by atoms with E-state index in [0.29, 0.717) is 78.1 Å². The van der Waals surface area contributed by atoms with Crippen LogP contribution in [0.5, 0.6) is 0 Å². The van der Waals surface area contributed by atoms with E-state index in [4.69, 9.17) is 19.3 Å². The van der Waals surface area contributed by atoms with E-state index in [1.54, 1.807) is 30.2 Å². The van der Waals surface area contributed by atoms with E-state index in [-0.39, 0.29) is 6.49 Å². The van der Waals surface area contributed by atoms with Crippen molar-refractivity contribution < 1.29 is 0 Å². The first kappa shape index (κ1) is 82.5. The minimum absolute atomic E-state index is 0.268. The van der Waals surface area contributed by atoms with Gasteiger partial charge in [0.1, 0.15) is 7.85 Å². The van der Waals surface area contributed by atoms with Crippen LogP contribution in [0, 0.1) is 276 Å². The highest BCUT2D eigenvalue weighted by Crippen LogP contribution is 2.56. The van der Waals surface area contributed by atoms with Gasteiger partial charge in [0.2, 0.25) is 0 Å². The number of terminal acetylenes is 3. The highest BCUT2D eigenvalue weighted by atomic mass is 14.4. The molecule has 0 N–H and O–H groups in total. The van der Waals surface area contributed by atoms with E-state index in [0.717, 1.165) is 74.4 Å². The molecule has 0 spiro atoms. The molecule has 107 heavy (non-hydrogen) atoms. The number of fused-ring (bicyclic) bond motifs is 6. The van der Waals surface area contributed by atoms with Gasteiger partial charge in [0.25, 0.3) is 0 Å². The van der Waals surface area contributed by atoms with Gasteiger partial charge in [-0.2, -0.15) is 0 Å². The Balaban J connectivity index is 2.03. The summed E-state index contributed by atoms with van der Waals surface area (Å²) in [5.41, 5.74) is 30.6. The average molecular weight is 1340 g/mol. The van der Waals surface area contributed by atoms with E-state index in [2.05, 4.69) is 350 Å². The van der Waals surface area contributed by atoms with Crippen molar-refractivity contribution in [2.45, 2.75) is 118 Å². The maximum Gasteiger partial charge on any atom is 0.140 e. The van der Waals surface area contributed by atoms with Crippen molar-refractivity contribution in [3.63, 3.8) is 0 Å². The lowest BCUT2D eigenvalue weighted by molar-refractivity contribution is 1.24. The van der Waals surface area contributed by atoms with Crippen molar-refractivity contribution in [1.82, 2.24) is 0 Å². The molecule has 0 unspecified atom stereocenters. The molecule has 8 aromatic carbocycles. The van der Waals surface area contributed by atoms with Crippen LogP contribution in [0.4, 0.5) is 0 Å². The second kappa shape index (κ2) is 35.1. The van der Waals surface area contributed by atoms with Gasteiger partial charge in [0.05, 0.1) is 134 Å². The second-order valence-corrected chi connectivity index (χ2v) is 30.4. The predicted molar refractivity (Wildman–Crippen MR) is 524 cm³/mol. The monoisotopic (exact) mass is 1340 g/mol. The Kier molecular flexibility index (Phi) is 27.1. The summed E-state index contributed by atoms with van der Waals surface area (Å²) in [4.78, 5) is 0. The van der Waals surface area contributed by atoms with Crippen LogP contribution in [0.15, 0.2) is 0 Å². The third kappa shape index (κ3) is 14.8. The lowest BCUT2D eigenvalue weighted by Gasteiger charge is -2.39. The largest absolute Gasteiger partial charge is 0.140 e. The van der Waals surface area contributed by atoms with Crippen LogP contribution in [-0.4, -0.2) is 158 Å². The molecule has 0 aliphatic heterocycles. The van der Waals surface area contributed by atoms with Crippen molar-refractivity contribution in [2.75, 3.05) is 0 Å². The van der Waals surface area contributed by atoms with Crippen molar-refractivity contribution in [3.8, 4) is 201 Å². The molecule has 0 bridgehead atoms. The fourth-order valence-corrected chi connectivity index (χ4v) is 17.9. The summed E-state index contributed by atoms with van der Waals surface area (Å²) in [5.74, 6) is 83.0. The van der Waals surface area contributed by atoms with E-state index >= 15 is 0 Å². The SMILES string of the molecule is BBB(B)B(B(B)B)c1c(B(B(B)B)B(B)B)c(B(BB)B(B)B)c(C)c2c(-c3c4c(C)c(C)c(C)c(C)c4c(-c4c(C)c5c(C)c(C)c(C#CC)c(C#CC#C)c5c5c(C#CC#CC)c(C#CC#CC#C)c(C#CC#CC#CC)c(C#CC#CC#CC#C)c45)c4c(C)c(C)c(C)c(C)c34)c(C)c(C)c(B)c12. The normalized spacial score (nSPS) is 9.63. The summed E-state index contributed by atoms with van der Waals surface area (Å²) in [6, 6.07) is 0. The van der Waals surface area contributed by atoms with Gasteiger partial charge in [0.15, 0.2) is 0 Å². The van der Waals surface area contributed by atoms with Crippen molar-refractivity contribution in [3.05, 3.63) is 111 Å². The number of hydrogen-bond acceptors (Lipinski definition) is 0. The molecular formula is C85H80B22. The molecule has 486 valence electrons. The number of benzene rings is 8. The highest BCUT2D eigenvalue weighted by molar-refractivity contribution is 7.89. The van der Waals surface area contributed by atoms with Crippen molar-refractivity contribution >= 4 is 234 Å². The maximum atomic E-state index is 6.21. The Labute approximate surface area is 659 Å². The van der Waals surface area contributed by atoms with E-state index in [9.17, 15) is 0 Å². The standard InChI is InChI=1S/C85H80B22/c1-21-27-32-35-37-41-47-66-63(45-40-36-33-28-22-2)64(44-39-34-29-23-3)67(46-38-30-24-4)78-76-65(43-31-25-5)62(42-26-6)52(11)57(16)68(76)60(19)74(77(66)78)80-71-55(14)50(9)48(7)53(12)69(71)79(70-54(13)49(8)51(10)56(15)72(70)80)73-58(17)59(18)82(86)81-75(73)61(20)83(100(98-87)103(89)90)85(101(104(91)92)105(93)94)84(81)102(106(95)96)107(97)99-88/h1,3,5,98-99H,86-97H2,2,4,6-20H3. The molecule has 0 saturated carbocycles. The van der Waals surface area contributed by atoms with Crippen LogP contribution in [0.2, 0.25) is 0 Å². The van der Waals surface area contributed by atoms with Crippen LogP contribution in [0.1, 0.15) is 132 Å². The van der Waals surface area contributed by atoms with Gasteiger partial charge in [0, 0.05) is 66.3 Å². The molecular weight excluding hydrogens is 1260 g/mol. The highest BCUT2D eigenvalue weighted by Gasteiger charge is 2.42. The number of aryl methyl sites for hydroxylation is 7. The summed E-state index contributed by atoms with van der Waals surface area (Å²) in [7, 11) is 31.7. The summed E-state index contributed by atoms with van der Waals surface area (Å²) in [6.07, 6.45) is 19.6. The molecule has 0 radical (unpaired) electrons. The second-order valence-electron chi connectivity index (χ2n) is 30.4. The predicted octanol–water partition coefficient (Wildman–Crippen LogP) is -2.45. The van der Waals surface area contributed by atoms with Crippen LogP contribution in [-0.2, 0) is 0 Å². The molecule has 0 nitrogen and oxygen atoms in total. The Bertz CT molecular complexity index is 6170. The van der Waals surface area contributed by atoms with Crippen LogP contribution in [0.25, 0.3) is 76.1 Å². The topological polar surface area (TPSA) is 0 Å². The van der Waals surface area contributed by atoms with Gasteiger partial charge < -0.3 is 0 Å². The Hall–Kier alpha value is -10.1. The molecule has 0 aliphatic carbocycles. The van der Waals surface area contributed by atoms with E-state index < -0.39 is 0 Å². The van der Waals surface area contributed by atoms with E-state index in [1.807, 2.05) is 6.92 Å². The minimum Gasteiger partial charge on any atom is -0.112 e. The minimum atomic E-state index is 0.268. The first-order valence-electron chi connectivity index (χ1n) is 37.8. The van der Waals surface area contributed by atoms with Crippen LogP contribution in [0.3, 0.4) is 0 Å². The zero-order valence-electron chi connectivity index (χ0n) is 69.3. The van der Waals surface area contributed by atoms with Gasteiger partial charge in [-0.1, -0.05) is 69.4 Å². The third-order valence-corrected chi connectivity index (χ3v) is 23.7. The van der Waals surface area contributed by atoms with E-state index in [1.165, 1.54) is 99.3 Å². The Morgan fingerprint density at radius 3 is 1.06 bits per heavy atom. The fraction of sp³-hybridized carbons (Fsp3) is 0.200. The van der Waals surface area contributed by atoms with Crippen molar-refractivity contribution in [2.24, 2.45) is 0 Å². The Morgan fingerprint density at radius 1 is 0.262 bits per heavy atom.